The maximum Gasteiger partial charge on any atom is 0.271 e. The standard InChI is InChI=1S/C17H17Cl2N3O2/c1-2-3-15(23)21-12-6-4-11(5-7-12)10-20-17(24)16-13(18)8-9-14(19)22-16/h4-9H,2-3,10H2,1H3,(H,20,24)(H,21,23). The number of pyridine rings is 1. The molecule has 2 N–H and O–H groups in total. The number of halogens is 2. The summed E-state index contributed by atoms with van der Waals surface area (Å²) in [6.07, 6.45) is 1.29. The van der Waals surface area contributed by atoms with Crippen molar-refractivity contribution in [2.75, 3.05) is 5.32 Å². The molecule has 1 aromatic heterocycles. The lowest BCUT2D eigenvalue weighted by atomic mass is 10.2. The molecule has 0 unspecified atom stereocenters. The maximum absolute atomic E-state index is 12.1. The number of hydrogen-bond acceptors (Lipinski definition) is 3. The van der Waals surface area contributed by atoms with Gasteiger partial charge in [0.25, 0.3) is 5.91 Å². The van der Waals surface area contributed by atoms with Gasteiger partial charge in [-0.1, -0.05) is 42.3 Å². The number of nitrogens with zero attached hydrogens (tertiary/aromatic N) is 1. The van der Waals surface area contributed by atoms with Gasteiger partial charge in [-0.2, -0.15) is 0 Å². The summed E-state index contributed by atoms with van der Waals surface area (Å²) in [5.41, 5.74) is 1.70. The zero-order valence-corrected chi connectivity index (χ0v) is 14.6. The lowest BCUT2D eigenvalue weighted by Gasteiger charge is -2.08. The molecule has 0 saturated carbocycles. The van der Waals surface area contributed by atoms with E-state index < -0.39 is 5.91 Å². The van der Waals surface area contributed by atoms with Crippen LogP contribution in [-0.4, -0.2) is 16.8 Å². The van der Waals surface area contributed by atoms with Crippen LogP contribution in [0, 0.1) is 0 Å². The van der Waals surface area contributed by atoms with Crippen LogP contribution in [0.15, 0.2) is 36.4 Å². The van der Waals surface area contributed by atoms with Gasteiger partial charge in [-0.05, 0) is 36.2 Å². The summed E-state index contributed by atoms with van der Waals surface area (Å²) in [4.78, 5) is 27.6. The van der Waals surface area contributed by atoms with E-state index >= 15 is 0 Å². The van der Waals surface area contributed by atoms with Crippen molar-refractivity contribution < 1.29 is 9.59 Å². The van der Waals surface area contributed by atoms with E-state index in [0.717, 1.165) is 17.7 Å². The van der Waals surface area contributed by atoms with Crippen molar-refractivity contribution in [1.29, 1.82) is 0 Å². The van der Waals surface area contributed by atoms with Crippen molar-refractivity contribution in [3.05, 3.63) is 57.8 Å². The Kier molecular flexibility index (Phi) is 6.58. The van der Waals surface area contributed by atoms with Crippen LogP contribution in [0.3, 0.4) is 0 Å². The Morgan fingerprint density at radius 1 is 1.08 bits per heavy atom. The molecule has 7 heteroatoms. The number of anilines is 1. The van der Waals surface area contributed by atoms with E-state index in [2.05, 4.69) is 15.6 Å². The van der Waals surface area contributed by atoms with Gasteiger partial charge in [0.05, 0.1) is 5.02 Å². The van der Waals surface area contributed by atoms with Gasteiger partial charge in [-0.15, -0.1) is 0 Å². The summed E-state index contributed by atoms with van der Waals surface area (Å²) in [5, 5.41) is 5.98. The zero-order chi connectivity index (χ0) is 17.5. The molecule has 2 aromatic rings. The number of rotatable bonds is 6. The summed E-state index contributed by atoms with van der Waals surface area (Å²) in [6, 6.07) is 10.3. The second-order valence-corrected chi connectivity index (χ2v) is 5.94. The molecule has 0 radical (unpaired) electrons. The Morgan fingerprint density at radius 2 is 1.79 bits per heavy atom. The summed E-state index contributed by atoms with van der Waals surface area (Å²) >= 11 is 11.7. The molecule has 24 heavy (non-hydrogen) atoms. The Balaban J connectivity index is 1.93. The molecule has 2 rings (SSSR count). The topological polar surface area (TPSA) is 71.1 Å². The minimum absolute atomic E-state index is 0.0137. The van der Waals surface area contributed by atoms with Gasteiger partial charge in [0, 0.05) is 18.7 Å². The van der Waals surface area contributed by atoms with E-state index in [1.54, 1.807) is 12.1 Å². The third kappa shape index (κ3) is 5.22. The highest BCUT2D eigenvalue weighted by molar-refractivity contribution is 6.34. The predicted molar refractivity (Wildman–Crippen MR) is 95.4 cm³/mol. The molecule has 0 fully saturated rings. The number of nitrogens with one attached hydrogen (secondary N) is 2. The normalized spacial score (nSPS) is 10.3. The number of aromatic nitrogens is 1. The molecule has 5 nitrogen and oxygen atoms in total. The number of carbonyl (C=O) groups excluding carboxylic acids is 2. The van der Waals surface area contributed by atoms with Crippen molar-refractivity contribution in [3.8, 4) is 0 Å². The Hall–Kier alpha value is -2.11. The third-order valence-electron chi connectivity index (χ3n) is 3.19. The fourth-order valence-corrected chi connectivity index (χ4v) is 2.34. The average molecular weight is 366 g/mol. The molecule has 0 saturated heterocycles. The average Bonchev–Trinajstić information content (AvgIpc) is 2.56. The summed E-state index contributed by atoms with van der Waals surface area (Å²) in [6.45, 7) is 2.26. The van der Waals surface area contributed by atoms with Gasteiger partial charge in [-0.3, -0.25) is 9.59 Å². The minimum atomic E-state index is -0.400. The molecule has 0 aliphatic rings. The fraction of sp³-hybridized carbons (Fsp3) is 0.235. The molecule has 2 amide bonds. The van der Waals surface area contributed by atoms with Gasteiger partial charge < -0.3 is 10.6 Å². The quantitative estimate of drug-likeness (QED) is 0.758. The summed E-state index contributed by atoms with van der Waals surface area (Å²) in [7, 11) is 0. The van der Waals surface area contributed by atoms with Gasteiger partial charge in [0.15, 0.2) is 0 Å². The molecule has 0 aliphatic heterocycles. The van der Waals surface area contributed by atoms with Gasteiger partial charge in [0.2, 0.25) is 5.91 Å². The highest BCUT2D eigenvalue weighted by Gasteiger charge is 2.12. The second kappa shape index (κ2) is 8.66. The third-order valence-corrected chi connectivity index (χ3v) is 3.71. The monoisotopic (exact) mass is 365 g/mol. The summed E-state index contributed by atoms with van der Waals surface area (Å²) < 4.78 is 0. The Bertz CT molecular complexity index is 733. The second-order valence-electron chi connectivity index (χ2n) is 5.14. The smallest absolute Gasteiger partial charge is 0.271 e. The number of amides is 2. The highest BCUT2D eigenvalue weighted by atomic mass is 35.5. The van der Waals surface area contributed by atoms with Crippen LogP contribution < -0.4 is 10.6 Å². The Labute approximate surface area is 150 Å². The van der Waals surface area contributed by atoms with Crippen LogP contribution in [0.2, 0.25) is 10.2 Å². The molecule has 0 aliphatic carbocycles. The van der Waals surface area contributed by atoms with Crippen LogP contribution in [0.25, 0.3) is 0 Å². The first kappa shape index (κ1) is 18.2. The van der Waals surface area contributed by atoms with Crippen molar-refractivity contribution in [2.24, 2.45) is 0 Å². The van der Waals surface area contributed by atoms with E-state index in [1.165, 1.54) is 12.1 Å². The van der Waals surface area contributed by atoms with Crippen LogP contribution in [0.4, 0.5) is 5.69 Å². The zero-order valence-electron chi connectivity index (χ0n) is 13.1. The lowest BCUT2D eigenvalue weighted by molar-refractivity contribution is -0.116. The molecule has 0 atom stereocenters. The first-order valence-electron chi connectivity index (χ1n) is 7.48. The molecule has 1 heterocycles. The van der Waals surface area contributed by atoms with Crippen LogP contribution >= 0.6 is 23.2 Å². The van der Waals surface area contributed by atoms with Crippen LogP contribution in [-0.2, 0) is 11.3 Å². The van der Waals surface area contributed by atoms with Crippen molar-refractivity contribution in [1.82, 2.24) is 10.3 Å². The minimum Gasteiger partial charge on any atom is -0.347 e. The first-order valence-corrected chi connectivity index (χ1v) is 8.24. The molecule has 0 bridgehead atoms. The van der Waals surface area contributed by atoms with Crippen LogP contribution in [0.5, 0.6) is 0 Å². The summed E-state index contributed by atoms with van der Waals surface area (Å²) in [5.74, 6) is -0.414. The SMILES string of the molecule is CCCC(=O)Nc1ccc(CNC(=O)c2nc(Cl)ccc2Cl)cc1. The van der Waals surface area contributed by atoms with E-state index in [0.29, 0.717) is 13.0 Å². The Morgan fingerprint density at radius 3 is 2.46 bits per heavy atom. The maximum atomic E-state index is 12.1. The van der Waals surface area contributed by atoms with E-state index in [9.17, 15) is 9.59 Å². The highest BCUT2D eigenvalue weighted by Crippen LogP contribution is 2.17. The van der Waals surface area contributed by atoms with Crippen molar-refractivity contribution in [3.63, 3.8) is 0 Å². The van der Waals surface area contributed by atoms with E-state index in [-0.39, 0.29) is 21.8 Å². The molecule has 126 valence electrons. The number of hydrogen-bond donors (Lipinski definition) is 2. The van der Waals surface area contributed by atoms with Gasteiger partial charge in [-0.25, -0.2) is 4.98 Å². The molecule has 1 aromatic carbocycles. The first-order chi connectivity index (χ1) is 11.5. The van der Waals surface area contributed by atoms with Gasteiger partial charge in [0.1, 0.15) is 10.8 Å². The van der Waals surface area contributed by atoms with E-state index in [4.69, 9.17) is 23.2 Å². The number of carbonyl (C=O) groups is 2. The molecular weight excluding hydrogens is 349 g/mol. The van der Waals surface area contributed by atoms with E-state index in [1.807, 2.05) is 19.1 Å². The van der Waals surface area contributed by atoms with Crippen molar-refractivity contribution >= 4 is 40.7 Å². The van der Waals surface area contributed by atoms with Crippen LogP contribution in [0.1, 0.15) is 35.8 Å². The lowest BCUT2D eigenvalue weighted by Crippen LogP contribution is -2.24. The fourth-order valence-electron chi connectivity index (χ4n) is 2.00. The molecular formula is C17H17Cl2N3O2. The van der Waals surface area contributed by atoms with Gasteiger partial charge >= 0.3 is 0 Å². The largest absolute Gasteiger partial charge is 0.347 e. The van der Waals surface area contributed by atoms with Crippen molar-refractivity contribution in [2.45, 2.75) is 26.3 Å². The predicted octanol–water partition coefficient (Wildman–Crippen LogP) is 4.06. The number of benzene rings is 1. The molecule has 0 spiro atoms.